The van der Waals surface area contributed by atoms with E-state index in [1.54, 1.807) is 10.9 Å². The molecule has 0 aliphatic carbocycles. The molecular formula is C13H11BrClN5. The predicted octanol–water partition coefficient (Wildman–Crippen LogP) is 3.30. The summed E-state index contributed by atoms with van der Waals surface area (Å²) in [6.45, 7) is 4.60. The zero-order chi connectivity index (χ0) is 14.3. The molecule has 0 spiro atoms. The number of pyridine rings is 1. The smallest absolute Gasteiger partial charge is 0.163 e. The van der Waals surface area contributed by atoms with Gasteiger partial charge < -0.3 is 0 Å². The third-order valence-corrected chi connectivity index (χ3v) is 4.73. The van der Waals surface area contributed by atoms with Gasteiger partial charge >= 0.3 is 0 Å². The molecule has 0 N–H and O–H groups in total. The van der Waals surface area contributed by atoms with Crippen molar-refractivity contribution in [1.29, 1.82) is 0 Å². The van der Waals surface area contributed by atoms with Crippen LogP contribution in [0.25, 0.3) is 11.0 Å². The van der Waals surface area contributed by atoms with Crippen LogP contribution in [-0.4, -0.2) is 24.7 Å². The Morgan fingerprint density at radius 3 is 2.80 bits per heavy atom. The molecule has 102 valence electrons. The van der Waals surface area contributed by atoms with E-state index in [9.17, 15) is 0 Å². The molecule has 3 heterocycles. The van der Waals surface area contributed by atoms with Crippen LogP contribution in [0.3, 0.4) is 0 Å². The van der Waals surface area contributed by atoms with Crippen LogP contribution in [0.2, 0.25) is 5.15 Å². The van der Waals surface area contributed by atoms with Crippen molar-refractivity contribution in [2.75, 3.05) is 0 Å². The first-order valence-corrected chi connectivity index (χ1v) is 7.17. The van der Waals surface area contributed by atoms with Crippen LogP contribution in [0.1, 0.15) is 16.8 Å². The summed E-state index contributed by atoms with van der Waals surface area (Å²) < 4.78 is 2.85. The molecule has 0 fully saturated rings. The summed E-state index contributed by atoms with van der Waals surface area (Å²) in [6.07, 6.45) is 4.96. The molecule has 0 unspecified atom stereocenters. The van der Waals surface area contributed by atoms with E-state index in [2.05, 4.69) is 36.0 Å². The van der Waals surface area contributed by atoms with E-state index in [0.29, 0.717) is 17.3 Å². The van der Waals surface area contributed by atoms with Crippen molar-refractivity contribution in [3.63, 3.8) is 0 Å². The van der Waals surface area contributed by atoms with E-state index < -0.39 is 0 Å². The van der Waals surface area contributed by atoms with Crippen molar-refractivity contribution in [3.8, 4) is 0 Å². The first-order chi connectivity index (χ1) is 9.58. The summed E-state index contributed by atoms with van der Waals surface area (Å²) in [7, 11) is 0. The molecule has 20 heavy (non-hydrogen) atoms. The molecule has 0 aliphatic heterocycles. The van der Waals surface area contributed by atoms with Gasteiger partial charge in [0.25, 0.3) is 0 Å². The van der Waals surface area contributed by atoms with Gasteiger partial charge in [-0.1, -0.05) is 27.5 Å². The van der Waals surface area contributed by atoms with Gasteiger partial charge in [0.05, 0.1) is 23.8 Å². The number of fused-ring (bicyclic) bond motifs is 1. The Balaban J connectivity index is 2.06. The monoisotopic (exact) mass is 351 g/mol. The number of rotatable bonds is 2. The Morgan fingerprint density at radius 1 is 1.20 bits per heavy atom. The lowest BCUT2D eigenvalue weighted by Crippen LogP contribution is -2.07. The summed E-state index contributed by atoms with van der Waals surface area (Å²) in [6, 6.07) is 0. The highest BCUT2D eigenvalue weighted by atomic mass is 79.9. The van der Waals surface area contributed by atoms with E-state index >= 15 is 0 Å². The fourth-order valence-electron chi connectivity index (χ4n) is 2.03. The van der Waals surface area contributed by atoms with Gasteiger partial charge in [-0.25, -0.2) is 14.6 Å². The van der Waals surface area contributed by atoms with Gasteiger partial charge in [-0.15, -0.1) is 0 Å². The highest BCUT2D eigenvalue weighted by molar-refractivity contribution is 9.10. The Labute approximate surface area is 129 Å². The maximum absolute atomic E-state index is 6.02. The van der Waals surface area contributed by atoms with Crippen molar-refractivity contribution in [3.05, 3.63) is 45.2 Å². The standard InChI is InChI=1S/C13H11BrClN5/c1-7-3-16-10(8(2)11(7)14)5-20-13-9(4-19-20)12(15)17-6-18-13/h3-4,6H,5H2,1-2H3. The van der Waals surface area contributed by atoms with Gasteiger partial charge in [0.1, 0.15) is 11.5 Å². The Morgan fingerprint density at radius 2 is 2.00 bits per heavy atom. The molecule has 5 nitrogen and oxygen atoms in total. The summed E-state index contributed by atoms with van der Waals surface area (Å²) in [5.74, 6) is 0. The van der Waals surface area contributed by atoms with Crippen LogP contribution in [0.15, 0.2) is 23.2 Å². The van der Waals surface area contributed by atoms with E-state index in [4.69, 9.17) is 11.6 Å². The summed E-state index contributed by atoms with van der Waals surface area (Å²) in [5, 5.41) is 5.48. The third kappa shape index (κ3) is 2.19. The Kier molecular flexibility index (Phi) is 3.43. The first kappa shape index (κ1) is 13.5. The number of aryl methyl sites for hydroxylation is 1. The lowest BCUT2D eigenvalue weighted by molar-refractivity contribution is 0.684. The van der Waals surface area contributed by atoms with Gasteiger partial charge in [0, 0.05) is 10.7 Å². The highest BCUT2D eigenvalue weighted by Gasteiger charge is 2.12. The van der Waals surface area contributed by atoms with Crippen LogP contribution in [0.5, 0.6) is 0 Å². The van der Waals surface area contributed by atoms with Crippen molar-refractivity contribution in [2.24, 2.45) is 0 Å². The summed E-state index contributed by atoms with van der Waals surface area (Å²) in [5.41, 5.74) is 3.88. The van der Waals surface area contributed by atoms with E-state index in [1.165, 1.54) is 6.33 Å². The maximum atomic E-state index is 6.02. The predicted molar refractivity (Wildman–Crippen MR) is 80.8 cm³/mol. The second-order valence-corrected chi connectivity index (χ2v) is 5.68. The fraction of sp³-hybridized carbons (Fsp3) is 0.231. The summed E-state index contributed by atoms with van der Waals surface area (Å²) in [4.78, 5) is 12.7. The second-order valence-electron chi connectivity index (χ2n) is 4.53. The number of nitrogens with zero attached hydrogens (tertiary/aromatic N) is 5. The lowest BCUT2D eigenvalue weighted by atomic mass is 10.1. The minimum Gasteiger partial charge on any atom is -0.259 e. The zero-order valence-electron chi connectivity index (χ0n) is 10.9. The lowest BCUT2D eigenvalue weighted by Gasteiger charge is -2.09. The molecule has 0 saturated carbocycles. The maximum Gasteiger partial charge on any atom is 0.163 e. The van der Waals surface area contributed by atoms with Gasteiger partial charge in [-0.05, 0) is 25.0 Å². The molecule has 0 aromatic carbocycles. The quantitative estimate of drug-likeness (QED) is 0.664. The number of aromatic nitrogens is 5. The molecule has 7 heteroatoms. The van der Waals surface area contributed by atoms with Crippen molar-refractivity contribution >= 4 is 38.6 Å². The average molecular weight is 353 g/mol. The second kappa shape index (κ2) is 5.10. The van der Waals surface area contributed by atoms with Crippen LogP contribution in [-0.2, 0) is 6.54 Å². The molecule has 3 aromatic rings. The SMILES string of the molecule is Cc1cnc(Cn2ncc3c(Cl)ncnc32)c(C)c1Br. The van der Waals surface area contributed by atoms with Gasteiger partial charge in [0.2, 0.25) is 0 Å². The van der Waals surface area contributed by atoms with Crippen LogP contribution >= 0.6 is 27.5 Å². The summed E-state index contributed by atoms with van der Waals surface area (Å²) >= 11 is 9.60. The van der Waals surface area contributed by atoms with Crippen LogP contribution in [0, 0.1) is 13.8 Å². The topological polar surface area (TPSA) is 56.5 Å². The van der Waals surface area contributed by atoms with Gasteiger partial charge in [0.15, 0.2) is 5.65 Å². The van der Waals surface area contributed by atoms with Crippen molar-refractivity contribution < 1.29 is 0 Å². The Bertz CT molecular complexity index is 799. The van der Waals surface area contributed by atoms with Crippen molar-refractivity contribution in [2.45, 2.75) is 20.4 Å². The van der Waals surface area contributed by atoms with E-state index in [1.807, 2.05) is 20.0 Å². The molecule has 3 rings (SSSR count). The average Bonchev–Trinajstić information content (AvgIpc) is 2.84. The van der Waals surface area contributed by atoms with E-state index in [-0.39, 0.29) is 0 Å². The minimum absolute atomic E-state index is 0.413. The third-order valence-electron chi connectivity index (χ3n) is 3.21. The fourth-order valence-corrected chi connectivity index (χ4v) is 2.54. The molecule has 0 bridgehead atoms. The van der Waals surface area contributed by atoms with Gasteiger partial charge in [-0.3, -0.25) is 4.98 Å². The number of hydrogen-bond donors (Lipinski definition) is 0. The van der Waals surface area contributed by atoms with Crippen LogP contribution < -0.4 is 0 Å². The molecule has 0 saturated heterocycles. The molecule has 0 aliphatic rings. The Hall–Kier alpha value is -1.53. The molecule has 3 aromatic heterocycles. The van der Waals surface area contributed by atoms with Gasteiger partial charge in [-0.2, -0.15) is 5.10 Å². The number of hydrogen-bond acceptors (Lipinski definition) is 4. The van der Waals surface area contributed by atoms with Crippen molar-refractivity contribution in [1.82, 2.24) is 24.7 Å². The zero-order valence-corrected chi connectivity index (χ0v) is 13.3. The molecule has 0 amide bonds. The normalized spacial score (nSPS) is 11.2. The van der Waals surface area contributed by atoms with Crippen LogP contribution in [0.4, 0.5) is 0 Å². The minimum atomic E-state index is 0.413. The molecule has 0 radical (unpaired) electrons. The molecular weight excluding hydrogens is 342 g/mol. The van der Waals surface area contributed by atoms with E-state index in [0.717, 1.165) is 26.7 Å². The first-order valence-electron chi connectivity index (χ1n) is 6.00. The highest BCUT2D eigenvalue weighted by Crippen LogP contribution is 2.24. The largest absolute Gasteiger partial charge is 0.259 e. The molecule has 0 atom stereocenters. The number of halogens is 2.